The molecule has 2 aromatic heterocycles. The standard InChI is InChI=1S/C22H26N2O2S/c1-15-8-9-17-16(2)21(26-19(17)13-15)22(25)23-14-18(20-7-6-12-27-20)24-10-4-3-5-11-24/h6-9,12-13,18H,3-5,10-11,14H2,1-2H3,(H,23,25). The summed E-state index contributed by atoms with van der Waals surface area (Å²) in [5.41, 5.74) is 2.82. The monoisotopic (exact) mass is 382 g/mol. The zero-order valence-corrected chi connectivity index (χ0v) is 16.8. The number of likely N-dealkylation sites (tertiary alicyclic amines) is 1. The number of thiophene rings is 1. The normalized spacial score (nSPS) is 16.5. The Bertz CT molecular complexity index is 923. The predicted molar refractivity (Wildman–Crippen MR) is 111 cm³/mol. The van der Waals surface area contributed by atoms with E-state index in [0.29, 0.717) is 12.3 Å². The first-order valence-electron chi connectivity index (χ1n) is 9.69. The van der Waals surface area contributed by atoms with Gasteiger partial charge in [0.25, 0.3) is 5.91 Å². The van der Waals surface area contributed by atoms with E-state index in [0.717, 1.165) is 35.2 Å². The number of amides is 1. The minimum atomic E-state index is -0.125. The first-order chi connectivity index (χ1) is 13.1. The van der Waals surface area contributed by atoms with Crippen LogP contribution in [0.3, 0.4) is 0 Å². The number of furan rings is 1. The number of nitrogens with zero attached hydrogens (tertiary/aromatic N) is 1. The topological polar surface area (TPSA) is 45.5 Å². The van der Waals surface area contributed by atoms with E-state index in [9.17, 15) is 4.79 Å². The second kappa shape index (κ2) is 7.87. The van der Waals surface area contributed by atoms with Crippen molar-refractivity contribution in [2.75, 3.05) is 19.6 Å². The van der Waals surface area contributed by atoms with E-state index < -0.39 is 0 Å². The van der Waals surface area contributed by atoms with Gasteiger partial charge < -0.3 is 9.73 Å². The smallest absolute Gasteiger partial charge is 0.287 e. The molecule has 3 heterocycles. The highest BCUT2D eigenvalue weighted by Gasteiger charge is 2.25. The van der Waals surface area contributed by atoms with Crippen molar-refractivity contribution in [1.29, 1.82) is 0 Å². The average molecular weight is 383 g/mol. The van der Waals surface area contributed by atoms with Crippen LogP contribution in [0.25, 0.3) is 11.0 Å². The second-order valence-corrected chi connectivity index (χ2v) is 8.37. The molecule has 1 aliphatic heterocycles. The molecule has 27 heavy (non-hydrogen) atoms. The first-order valence-corrected chi connectivity index (χ1v) is 10.6. The zero-order valence-electron chi connectivity index (χ0n) is 16.0. The molecule has 1 amide bonds. The van der Waals surface area contributed by atoms with E-state index >= 15 is 0 Å². The molecule has 5 heteroatoms. The van der Waals surface area contributed by atoms with Crippen molar-refractivity contribution in [3.05, 3.63) is 57.5 Å². The molecule has 1 aromatic carbocycles. The van der Waals surface area contributed by atoms with Gasteiger partial charge in [0.2, 0.25) is 0 Å². The fourth-order valence-corrected chi connectivity index (χ4v) is 4.80. The maximum Gasteiger partial charge on any atom is 0.287 e. The van der Waals surface area contributed by atoms with E-state index in [1.54, 1.807) is 11.3 Å². The van der Waals surface area contributed by atoms with Crippen LogP contribution in [0.4, 0.5) is 0 Å². The Labute approximate surface area is 164 Å². The molecule has 0 aliphatic carbocycles. The molecule has 1 atom stereocenters. The summed E-state index contributed by atoms with van der Waals surface area (Å²) >= 11 is 1.76. The van der Waals surface area contributed by atoms with Crippen LogP contribution in [0, 0.1) is 13.8 Å². The van der Waals surface area contributed by atoms with Crippen molar-refractivity contribution < 1.29 is 9.21 Å². The van der Waals surface area contributed by atoms with Crippen LogP contribution in [-0.4, -0.2) is 30.4 Å². The van der Waals surface area contributed by atoms with Gasteiger partial charge in [-0.1, -0.05) is 24.6 Å². The van der Waals surface area contributed by atoms with Gasteiger partial charge in [-0.3, -0.25) is 9.69 Å². The fourth-order valence-electron chi connectivity index (χ4n) is 3.94. The third-order valence-corrected chi connectivity index (χ3v) is 6.43. The highest BCUT2D eigenvalue weighted by molar-refractivity contribution is 7.10. The van der Waals surface area contributed by atoms with Gasteiger partial charge in [0, 0.05) is 22.4 Å². The van der Waals surface area contributed by atoms with Gasteiger partial charge in [-0.15, -0.1) is 11.3 Å². The van der Waals surface area contributed by atoms with Crippen molar-refractivity contribution in [2.24, 2.45) is 0 Å². The molecule has 0 spiro atoms. The van der Waals surface area contributed by atoms with Gasteiger partial charge in [0.15, 0.2) is 5.76 Å². The number of carbonyl (C=O) groups is 1. The van der Waals surface area contributed by atoms with Gasteiger partial charge in [-0.05, 0) is 62.9 Å². The van der Waals surface area contributed by atoms with Gasteiger partial charge in [0.1, 0.15) is 5.58 Å². The summed E-state index contributed by atoms with van der Waals surface area (Å²) in [7, 11) is 0. The number of hydrogen-bond acceptors (Lipinski definition) is 4. The average Bonchev–Trinajstić information content (AvgIpc) is 3.31. The molecule has 0 bridgehead atoms. The summed E-state index contributed by atoms with van der Waals surface area (Å²) in [5.74, 6) is 0.305. The quantitative estimate of drug-likeness (QED) is 0.670. The third kappa shape index (κ3) is 3.80. The van der Waals surface area contributed by atoms with E-state index in [-0.39, 0.29) is 11.9 Å². The number of rotatable bonds is 5. The lowest BCUT2D eigenvalue weighted by molar-refractivity contribution is 0.0899. The highest BCUT2D eigenvalue weighted by atomic mass is 32.1. The minimum Gasteiger partial charge on any atom is -0.451 e. The lowest BCUT2D eigenvalue weighted by Gasteiger charge is -2.34. The van der Waals surface area contributed by atoms with Crippen LogP contribution in [-0.2, 0) is 0 Å². The molecule has 0 saturated carbocycles. The summed E-state index contributed by atoms with van der Waals surface area (Å²) in [4.78, 5) is 16.7. The number of benzene rings is 1. The van der Waals surface area contributed by atoms with Crippen LogP contribution in [0.15, 0.2) is 40.1 Å². The van der Waals surface area contributed by atoms with Crippen LogP contribution in [0.1, 0.15) is 51.9 Å². The van der Waals surface area contributed by atoms with Crippen molar-refractivity contribution >= 4 is 28.2 Å². The van der Waals surface area contributed by atoms with Crippen molar-refractivity contribution in [2.45, 2.75) is 39.2 Å². The van der Waals surface area contributed by atoms with Crippen LogP contribution >= 0.6 is 11.3 Å². The maximum absolute atomic E-state index is 12.9. The number of aryl methyl sites for hydroxylation is 2. The summed E-state index contributed by atoms with van der Waals surface area (Å²) in [6.07, 6.45) is 3.77. The van der Waals surface area contributed by atoms with Gasteiger partial charge in [0.05, 0.1) is 6.04 Å². The van der Waals surface area contributed by atoms with E-state index in [2.05, 4.69) is 33.8 Å². The Morgan fingerprint density at radius 3 is 2.78 bits per heavy atom. The van der Waals surface area contributed by atoms with Gasteiger partial charge in [-0.25, -0.2) is 0 Å². The molecule has 142 valence electrons. The van der Waals surface area contributed by atoms with Crippen molar-refractivity contribution in [1.82, 2.24) is 10.2 Å². The molecule has 1 fully saturated rings. The third-order valence-electron chi connectivity index (χ3n) is 5.46. The molecular weight excluding hydrogens is 356 g/mol. The van der Waals surface area contributed by atoms with E-state index in [1.807, 2.05) is 26.0 Å². The molecule has 4 nitrogen and oxygen atoms in total. The van der Waals surface area contributed by atoms with E-state index in [4.69, 9.17) is 4.42 Å². The summed E-state index contributed by atoms with van der Waals surface area (Å²) in [5, 5.41) is 6.26. The fraction of sp³-hybridized carbons (Fsp3) is 0.409. The molecule has 3 aromatic rings. The lowest BCUT2D eigenvalue weighted by Crippen LogP contribution is -2.40. The van der Waals surface area contributed by atoms with Gasteiger partial charge in [-0.2, -0.15) is 0 Å². The van der Waals surface area contributed by atoms with Crippen LogP contribution < -0.4 is 5.32 Å². The van der Waals surface area contributed by atoms with Crippen LogP contribution in [0.5, 0.6) is 0 Å². The zero-order chi connectivity index (χ0) is 18.8. The first kappa shape index (κ1) is 18.3. The summed E-state index contributed by atoms with van der Waals surface area (Å²) in [6, 6.07) is 10.6. The molecule has 1 N–H and O–H groups in total. The molecule has 1 unspecified atom stereocenters. The van der Waals surface area contributed by atoms with Crippen molar-refractivity contribution in [3.63, 3.8) is 0 Å². The van der Waals surface area contributed by atoms with Crippen molar-refractivity contribution in [3.8, 4) is 0 Å². The number of piperidine rings is 1. The molecule has 1 aliphatic rings. The molecule has 0 radical (unpaired) electrons. The second-order valence-electron chi connectivity index (χ2n) is 7.39. The maximum atomic E-state index is 12.9. The highest BCUT2D eigenvalue weighted by Crippen LogP contribution is 2.29. The molecular formula is C22H26N2O2S. The molecule has 4 rings (SSSR count). The summed E-state index contributed by atoms with van der Waals surface area (Å²) in [6.45, 7) is 6.79. The minimum absolute atomic E-state index is 0.125. The van der Waals surface area contributed by atoms with Crippen LogP contribution in [0.2, 0.25) is 0 Å². The Hall–Kier alpha value is -2.11. The van der Waals surface area contributed by atoms with E-state index in [1.165, 1.54) is 24.1 Å². The van der Waals surface area contributed by atoms with Gasteiger partial charge >= 0.3 is 0 Å². The Morgan fingerprint density at radius 2 is 2.04 bits per heavy atom. The molecule has 1 saturated heterocycles. The number of nitrogens with one attached hydrogen (secondary N) is 1. The lowest BCUT2D eigenvalue weighted by atomic mass is 10.1. The number of hydrogen-bond donors (Lipinski definition) is 1. The largest absolute Gasteiger partial charge is 0.451 e. The Morgan fingerprint density at radius 1 is 1.22 bits per heavy atom. The predicted octanol–water partition coefficient (Wildman–Crippen LogP) is 5.07. The SMILES string of the molecule is Cc1ccc2c(C)c(C(=O)NCC(c3cccs3)N3CCCCC3)oc2c1. The number of carbonyl (C=O) groups excluding carboxylic acids is 1. The Balaban J connectivity index is 1.52. The summed E-state index contributed by atoms with van der Waals surface area (Å²) < 4.78 is 5.89. The Kier molecular flexibility index (Phi) is 5.32. The number of fused-ring (bicyclic) bond motifs is 1.